The number of carbonyl (C=O) groups excluding carboxylic acids is 3. The third-order valence-electron chi connectivity index (χ3n) is 7.36. The maximum Gasteiger partial charge on any atom is 3.00 e. The molecule has 222 valence electrons. The minimum atomic E-state index is -0.902. The minimum absolute atomic E-state index is 0. The van der Waals surface area contributed by atoms with E-state index in [4.69, 9.17) is 0 Å². The zero-order valence-corrected chi connectivity index (χ0v) is 27.5. The number of carboxylic acids is 3. The summed E-state index contributed by atoms with van der Waals surface area (Å²) in [6, 6.07) is 0. The van der Waals surface area contributed by atoms with Crippen molar-refractivity contribution < 1.29 is 68.3 Å². The normalized spacial score (nSPS) is 15.2. The summed E-state index contributed by atoms with van der Waals surface area (Å²) >= 11 is 0. The molecule has 0 bridgehead atoms. The van der Waals surface area contributed by atoms with Gasteiger partial charge in [-0.05, 0) is 38.5 Å². The van der Waals surface area contributed by atoms with Crippen molar-refractivity contribution in [3.05, 3.63) is 0 Å². The van der Waals surface area contributed by atoms with Gasteiger partial charge in [0.1, 0.15) is 0 Å². The first kappa shape index (κ1) is 43.7. The van der Waals surface area contributed by atoms with Crippen molar-refractivity contribution in [3.8, 4) is 0 Å². The van der Waals surface area contributed by atoms with Crippen LogP contribution in [0.5, 0.6) is 0 Å². The van der Waals surface area contributed by atoms with Crippen LogP contribution in [0, 0.1) is 54.9 Å². The number of hydrogen-bond acceptors (Lipinski definition) is 6. The predicted octanol–water partition coefficient (Wildman–Crippen LogP) is 5.20. The molecule has 0 aromatic rings. The summed E-state index contributed by atoms with van der Waals surface area (Å²) in [6.45, 7) is 17.5. The van der Waals surface area contributed by atoms with E-state index in [0.29, 0.717) is 6.42 Å². The van der Waals surface area contributed by atoms with Gasteiger partial charge in [0.15, 0.2) is 0 Å². The first-order chi connectivity index (χ1) is 16.7. The molecule has 0 rings (SSSR count). The summed E-state index contributed by atoms with van der Waals surface area (Å²) in [7, 11) is 0. The molecule has 3 unspecified atom stereocenters. The Morgan fingerprint density at radius 1 is 0.459 bits per heavy atom. The van der Waals surface area contributed by atoms with Crippen LogP contribution in [0.1, 0.15) is 159 Å². The molecule has 0 saturated carbocycles. The van der Waals surface area contributed by atoms with E-state index in [9.17, 15) is 29.7 Å². The fourth-order valence-electron chi connectivity index (χ4n) is 4.08. The average molecular weight is 673 g/mol. The fourth-order valence-corrected chi connectivity index (χ4v) is 4.08. The molecule has 0 aromatic heterocycles. The van der Waals surface area contributed by atoms with E-state index in [1.54, 1.807) is 20.8 Å². The summed E-state index contributed by atoms with van der Waals surface area (Å²) in [5.41, 5.74) is -1.79. The molecule has 0 amide bonds. The molecule has 0 aliphatic heterocycles. The quantitative estimate of drug-likeness (QED) is 0.185. The molecule has 0 spiro atoms. The molecule has 7 heteroatoms. The number of hydrogen-bond donors (Lipinski definition) is 0. The number of rotatable bonds is 18. The molecular weight excluding hydrogens is 615 g/mol. The molecule has 0 aliphatic carbocycles. The summed E-state index contributed by atoms with van der Waals surface area (Å²) in [5.74, 6) is -2.68. The molecular formula is C30H57O6Tb. The standard InChI is InChI=1S/3C10H20O2.Tb/c1-4-6-7-8-10(3,5-2)9(11)12;2*1-4-6-8-10(3,7-5-2)9(11)12;/h3*4-8H2,1-3H3,(H,11,12);/q;;;+3/p-3. The molecule has 37 heavy (non-hydrogen) atoms. The number of unbranched alkanes of at least 4 members (excludes halogenated alkanes) is 4. The van der Waals surface area contributed by atoms with Gasteiger partial charge in [-0.2, -0.15) is 0 Å². The molecule has 0 N–H and O–H groups in total. The molecule has 0 saturated heterocycles. The zero-order chi connectivity index (χ0) is 28.8. The minimum Gasteiger partial charge on any atom is -0.550 e. The fraction of sp³-hybridized carbons (Fsp3) is 0.900. The van der Waals surface area contributed by atoms with Crippen LogP contribution in [-0.4, -0.2) is 17.9 Å². The Labute approximate surface area is 259 Å². The smallest absolute Gasteiger partial charge is 0.550 e. The van der Waals surface area contributed by atoms with Crippen molar-refractivity contribution in [1.82, 2.24) is 0 Å². The third-order valence-corrected chi connectivity index (χ3v) is 7.36. The maximum atomic E-state index is 10.8. The van der Waals surface area contributed by atoms with Crippen LogP contribution in [0.15, 0.2) is 0 Å². The summed E-state index contributed by atoms with van der Waals surface area (Å²) in [5, 5.41) is 32.3. The third kappa shape index (κ3) is 20.3. The van der Waals surface area contributed by atoms with Crippen LogP contribution in [0.3, 0.4) is 0 Å². The van der Waals surface area contributed by atoms with E-state index < -0.39 is 34.2 Å². The maximum absolute atomic E-state index is 10.8. The summed E-state index contributed by atoms with van der Waals surface area (Å²) < 4.78 is 0. The van der Waals surface area contributed by atoms with Crippen LogP contribution in [-0.2, 0) is 14.4 Å². The van der Waals surface area contributed by atoms with E-state index in [2.05, 4.69) is 20.8 Å². The SMILES string of the molecule is CCCCC(C)(CCC)C(=O)[O-].CCCCC(C)(CCC)C(=O)[O-].CCCCCC(C)(CC)C(=O)[O-].[Tb+3]. The topological polar surface area (TPSA) is 120 Å². The van der Waals surface area contributed by atoms with Crippen LogP contribution in [0.2, 0.25) is 0 Å². The Balaban J connectivity index is -0.000000218. The van der Waals surface area contributed by atoms with Crippen LogP contribution >= 0.6 is 0 Å². The van der Waals surface area contributed by atoms with Crippen LogP contribution < -0.4 is 15.3 Å². The van der Waals surface area contributed by atoms with Gasteiger partial charge >= 0.3 is 38.6 Å². The Bertz CT molecular complexity index is 563. The second-order valence-corrected chi connectivity index (χ2v) is 11.1. The van der Waals surface area contributed by atoms with Gasteiger partial charge in [-0.15, -0.1) is 0 Å². The van der Waals surface area contributed by atoms with Gasteiger partial charge in [0.05, 0.1) is 0 Å². The summed E-state index contributed by atoms with van der Waals surface area (Å²) in [6.07, 6.45) is 13.5. The Morgan fingerprint density at radius 2 is 0.757 bits per heavy atom. The van der Waals surface area contributed by atoms with Gasteiger partial charge in [0.25, 0.3) is 0 Å². The monoisotopic (exact) mass is 672 g/mol. The van der Waals surface area contributed by atoms with Gasteiger partial charge < -0.3 is 29.7 Å². The molecule has 0 heterocycles. The van der Waals surface area contributed by atoms with E-state index >= 15 is 0 Å². The van der Waals surface area contributed by atoms with Crippen molar-refractivity contribution in [2.24, 2.45) is 16.2 Å². The van der Waals surface area contributed by atoms with E-state index in [0.717, 1.165) is 89.9 Å². The molecule has 0 radical (unpaired) electrons. The Hall–Kier alpha value is -0.304. The first-order valence-corrected chi connectivity index (χ1v) is 14.3. The molecule has 3 atom stereocenters. The van der Waals surface area contributed by atoms with E-state index in [-0.39, 0.29) is 38.6 Å². The van der Waals surface area contributed by atoms with Crippen molar-refractivity contribution in [2.75, 3.05) is 0 Å². The number of aliphatic carboxylic acids is 3. The zero-order valence-electron chi connectivity index (χ0n) is 25.4. The Kier molecular flexibility index (Phi) is 29.2. The summed E-state index contributed by atoms with van der Waals surface area (Å²) in [4.78, 5) is 32.3. The molecule has 0 aromatic carbocycles. The van der Waals surface area contributed by atoms with Gasteiger partial charge in [0.2, 0.25) is 0 Å². The van der Waals surface area contributed by atoms with Crippen LogP contribution in [0.25, 0.3) is 0 Å². The van der Waals surface area contributed by atoms with E-state index in [1.165, 1.54) is 0 Å². The van der Waals surface area contributed by atoms with Gasteiger partial charge in [-0.3, -0.25) is 0 Å². The van der Waals surface area contributed by atoms with Gasteiger partial charge in [0, 0.05) is 34.2 Å². The van der Waals surface area contributed by atoms with E-state index in [1.807, 2.05) is 20.8 Å². The number of carbonyl (C=O) groups is 3. The van der Waals surface area contributed by atoms with Gasteiger partial charge in [-0.1, -0.05) is 120 Å². The van der Waals surface area contributed by atoms with Crippen molar-refractivity contribution in [1.29, 1.82) is 0 Å². The second kappa shape index (κ2) is 24.7. The van der Waals surface area contributed by atoms with Crippen molar-refractivity contribution in [3.63, 3.8) is 0 Å². The molecule has 0 aliphatic rings. The number of carboxylic acid groups (broad SMARTS) is 3. The largest absolute Gasteiger partial charge is 3.00 e. The Morgan fingerprint density at radius 3 is 0.973 bits per heavy atom. The van der Waals surface area contributed by atoms with Crippen molar-refractivity contribution >= 4 is 17.9 Å². The first-order valence-electron chi connectivity index (χ1n) is 14.3. The van der Waals surface area contributed by atoms with Crippen LogP contribution in [0.4, 0.5) is 0 Å². The molecule has 6 nitrogen and oxygen atoms in total. The average Bonchev–Trinajstić information content (AvgIpc) is 2.82. The predicted molar refractivity (Wildman–Crippen MR) is 143 cm³/mol. The van der Waals surface area contributed by atoms with Gasteiger partial charge in [-0.25, -0.2) is 0 Å². The van der Waals surface area contributed by atoms with Crippen molar-refractivity contribution in [2.45, 2.75) is 159 Å². The molecule has 0 fully saturated rings. The second-order valence-electron chi connectivity index (χ2n) is 11.1.